The number of amides is 1. The molecule has 1 fully saturated rings. The number of carbonyl (C=O) groups excluding carboxylic acids is 1. The summed E-state index contributed by atoms with van der Waals surface area (Å²) in [6.45, 7) is 3.26. The molecule has 0 spiro atoms. The Morgan fingerprint density at radius 3 is 2.53 bits per heavy atom. The Morgan fingerprint density at radius 1 is 0.971 bits per heavy atom. The number of imidazole rings is 1. The summed E-state index contributed by atoms with van der Waals surface area (Å²) in [7, 11) is 0. The predicted octanol–water partition coefficient (Wildman–Crippen LogP) is 5.36. The molecule has 0 atom stereocenters. The van der Waals surface area contributed by atoms with Crippen LogP contribution < -0.4 is 5.32 Å². The van der Waals surface area contributed by atoms with Gasteiger partial charge in [0.2, 0.25) is 5.91 Å². The van der Waals surface area contributed by atoms with E-state index in [1.165, 1.54) is 5.56 Å². The minimum Gasteiger partial charge on any atom is -0.356 e. The molecule has 1 aliphatic rings. The van der Waals surface area contributed by atoms with Crippen LogP contribution in [0.5, 0.6) is 0 Å². The maximum Gasteiger partial charge on any atom is 0.223 e. The number of hydrogen-bond donors (Lipinski definition) is 1. The first-order valence-corrected chi connectivity index (χ1v) is 12.7. The Hall–Kier alpha value is -2.96. The quantitative estimate of drug-likeness (QED) is 0.359. The van der Waals surface area contributed by atoms with Crippen LogP contribution in [0.25, 0.3) is 16.7 Å². The van der Waals surface area contributed by atoms with Crippen molar-refractivity contribution in [3.8, 4) is 5.69 Å². The SMILES string of the molecule is O=C(NCCc1ccccc1)C1CCN(Cc2nc3ccccc3n2-c2cccc(Br)c2)CC1. The van der Waals surface area contributed by atoms with Gasteiger partial charge in [-0.05, 0) is 68.2 Å². The maximum absolute atomic E-state index is 12.7. The lowest BCUT2D eigenvalue weighted by molar-refractivity contribution is -0.126. The van der Waals surface area contributed by atoms with Gasteiger partial charge >= 0.3 is 0 Å². The van der Waals surface area contributed by atoms with Gasteiger partial charge in [0.15, 0.2) is 0 Å². The van der Waals surface area contributed by atoms with E-state index in [0.717, 1.165) is 65.9 Å². The molecule has 1 aromatic heterocycles. The minimum absolute atomic E-state index is 0.0934. The number of piperidine rings is 1. The number of halogens is 1. The summed E-state index contributed by atoms with van der Waals surface area (Å²) in [6.07, 6.45) is 2.64. The third-order valence-corrected chi connectivity index (χ3v) is 7.07. The van der Waals surface area contributed by atoms with Gasteiger partial charge in [0.25, 0.3) is 0 Å². The number of nitrogens with one attached hydrogen (secondary N) is 1. The van der Waals surface area contributed by atoms with Crippen molar-refractivity contribution < 1.29 is 4.79 Å². The fourth-order valence-corrected chi connectivity index (χ4v) is 5.14. The van der Waals surface area contributed by atoms with Crippen LogP contribution in [0.15, 0.2) is 83.3 Å². The highest BCUT2D eigenvalue weighted by molar-refractivity contribution is 9.10. The average molecular weight is 517 g/mol. The number of para-hydroxylation sites is 2. The largest absolute Gasteiger partial charge is 0.356 e. The molecular formula is C28H29BrN4O. The Bertz CT molecular complexity index is 1260. The summed E-state index contributed by atoms with van der Waals surface area (Å²) >= 11 is 3.60. The van der Waals surface area contributed by atoms with Crippen molar-refractivity contribution in [3.63, 3.8) is 0 Å². The van der Waals surface area contributed by atoms with E-state index >= 15 is 0 Å². The highest BCUT2D eigenvalue weighted by atomic mass is 79.9. The summed E-state index contributed by atoms with van der Waals surface area (Å²) < 4.78 is 3.30. The van der Waals surface area contributed by atoms with Gasteiger partial charge < -0.3 is 5.32 Å². The van der Waals surface area contributed by atoms with E-state index in [1.54, 1.807) is 0 Å². The van der Waals surface area contributed by atoms with Crippen molar-refractivity contribution >= 4 is 32.9 Å². The Kier molecular flexibility index (Phi) is 7.07. The number of hydrogen-bond acceptors (Lipinski definition) is 3. The van der Waals surface area contributed by atoms with Crippen LogP contribution in [-0.4, -0.2) is 40.0 Å². The first-order chi connectivity index (χ1) is 16.7. The van der Waals surface area contributed by atoms with E-state index in [9.17, 15) is 4.79 Å². The van der Waals surface area contributed by atoms with Crippen molar-refractivity contribution in [2.24, 2.45) is 5.92 Å². The molecule has 1 saturated heterocycles. The number of nitrogens with zero attached hydrogens (tertiary/aromatic N) is 3. The molecule has 6 heteroatoms. The number of benzene rings is 3. The molecule has 1 N–H and O–H groups in total. The van der Waals surface area contributed by atoms with Crippen LogP contribution in [0.2, 0.25) is 0 Å². The van der Waals surface area contributed by atoms with Gasteiger partial charge in [0.1, 0.15) is 5.82 Å². The Labute approximate surface area is 208 Å². The van der Waals surface area contributed by atoms with E-state index in [0.29, 0.717) is 6.54 Å². The second kappa shape index (κ2) is 10.5. The summed E-state index contributed by atoms with van der Waals surface area (Å²) in [5.74, 6) is 1.32. The molecule has 2 heterocycles. The van der Waals surface area contributed by atoms with Crippen LogP contribution in [0.1, 0.15) is 24.2 Å². The van der Waals surface area contributed by atoms with Gasteiger partial charge in [0, 0.05) is 22.6 Å². The highest BCUT2D eigenvalue weighted by Crippen LogP contribution is 2.26. The van der Waals surface area contributed by atoms with Crippen molar-refractivity contribution in [2.75, 3.05) is 19.6 Å². The fourth-order valence-electron chi connectivity index (χ4n) is 4.76. The zero-order chi connectivity index (χ0) is 23.3. The van der Waals surface area contributed by atoms with Gasteiger partial charge in [-0.2, -0.15) is 0 Å². The average Bonchev–Trinajstić information content (AvgIpc) is 3.23. The third-order valence-electron chi connectivity index (χ3n) is 6.58. The van der Waals surface area contributed by atoms with Crippen LogP contribution >= 0.6 is 15.9 Å². The maximum atomic E-state index is 12.7. The molecule has 1 aliphatic heterocycles. The van der Waals surface area contributed by atoms with Gasteiger partial charge in [-0.15, -0.1) is 0 Å². The standard InChI is InChI=1S/C28H29BrN4O/c29-23-9-6-10-24(19-23)33-26-12-5-4-11-25(26)31-27(33)20-32-17-14-22(15-18-32)28(34)30-16-13-21-7-2-1-3-8-21/h1-12,19,22H,13-18,20H2,(H,30,34). The third kappa shape index (κ3) is 5.24. The molecule has 0 saturated carbocycles. The highest BCUT2D eigenvalue weighted by Gasteiger charge is 2.26. The molecule has 3 aromatic carbocycles. The molecule has 4 aromatic rings. The zero-order valence-corrected chi connectivity index (χ0v) is 20.7. The van der Waals surface area contributed by atoms with Gasteiger partial charge in [-0.3, -0.25) is 14.3 Å². The molecule has 0 radical (unpaired) electrons. The number of fused-ring (bicyclic) bond motifs is 1. The van der Waals surface area contributed by atoms with Crippen molar-refractivity contribution in [2.45, 2.75) is 25.8 Å². The number of likely N-dealkylation sites (tertiary alicyclic amines) is 1. The van der Waals surface area contributed by atoms with Gasteiger partial charge in [-0.1, -0.05) is 64.5 Å². The van der Waals surface area contributed by atoms with Crippen molar-refractivity contribution in [1.29, 1.82) is 0 Å². The lowest BCUT2D eigenvalue weighted by atomic mass is 9.96. The van der Waals surface area contributed by atoms with Crippen molar-refractivity contribution in [3.05, 3.63) is 94.7 Å². The van der Waals surface area contributed by atoms with E-state index in [4.69, 9.17) is 4.98 Å². The summed E-state index contributed by atoms with van der Waals surface area (Å²) in [4.78, 5) is 20.1. The topological polar surface area (TPSA) is 50.2 Å². The van der Waals surface area contributed by atoms with Gasteiger partial charge in [0.05, 0.1) is 17.6 Å². The molecule has 0 bridgehead atoms. The molecule has 174 valence electrons. The second-order valence-electron chi connectivity index (χ2n) is 8.91. The first kappa shape index (κ1) is 22.8. The normalized spacial score (nSPS) is 15.0. The zero-order valence-electron chi connectivity index (χ0n) is 19.2. The van der Waals surface area contributed by atoms with E-state index in [1.807, 2.05) is 30.3 Å². The van der Waals surface area contributed by atoms with Crippen LogP contribution in [0, 0.1) is 5.92 Å². The van der Waals surface area contributed by atoms with Crippen molar-refractivity contribution in [1.82, 2.24) is 19.8 Å². The predicted molar refractivity (Wildman–Crippen MR) is 140 cm³/mol. The molecule has 5 nitrogen and oxygen atoms in total. The number of aromatic nitrogens is 2. The molecule has 5 rings (SSSR count). The molecule has 34 heavy (non-hydrogen) atoms. The fraction of sp³-hybridized carbons (Fsp3) is 0.286. The monoisotopic (exact) mass is 516 g/mol. The lowest BCUT2D eigenvalue weighted by Gasteiger charge is -2.31. The molecule has 0 unspecified atom stereocenters. The minimum atomic E-state index is 0.0934. The molecular weight excluding hydrogens is 488 g/mol. The van der Waals surface area contributed by atoms with E-state index in [2.05, 4.69) is 79.2 Å². The first-order valence-electron chi connectivity index (χ1n) is 11.9. The number of carbonyl (C=O) groups is 1. The summed E-state index contributed by atoms with van der Waals surface area (Å²) in [6, 6.07) is 26.9. The Morgan fingerprint density at radius 2 is 1.74 bits per heavy atom. The lowest BCUT2D eigenvalue weighted by Crippen LogP contribution is -2.41. The molecule has 0 aliphatic carbocycles. The van der Waals surface area contributed by atoms with E-state index < -0.39 is 0 Å². The summed E-state index contributed by atoms with van der Waals surface area (Å²) in [5, 5.41) is 3.14. The van der Waals surface area contributed by atoms with Gasteiger partial charge in [-0.25, -0.2) is 4.98 Å². The second-order valence-corrected chi connectivity index (χ2v) is 9.82. The molecule has 1 amide bonds. The summed E-state index contributed by atoms with van der Waals surface area (Å²) in [5.41, 5.74) is 4.48. The van der Waals surface area contributed by atoms with E-state index in [-0.39, 0.29) is 11.8 Å². The van der Waals surface area contributed by atoms with Crippen LogP contribution in [0.4, 0.5) is 0 Å². The number of rotatable bonds is 7. The van der Waals surface area contributed by atoms with Crippen LogP contribution in [0.3, 0.4) is 0 Å². The smallest absolute Gasteiger partial charge is 0.223 e. The Balaban J connectivity index is 1.21. The van der Waals surface area contributed by atoms with Crippen LogP contribution in [-0.2, 0) is 17.8 Å².